The molecular weight excluding hydrogens is 251 g/mol. The smallest absolute Gasteiger partial charge is 0.167 e. The number of aliphatic hydroxyl groups excluding tert-OH is 1. The van der Waals surface area contributed by atoms with Gasteiger partial charge in [0.05, 0.1) is 37.8 Å². The molecule has 1 heterocycles. The van der Waals surface area contributed by atoms with Crippen LogP contribution in [0.5, 0.6) is 5.75 Å². The number of morpholine rings is 1. The van der Waals surface area contributed by atoms with Gasteiger partial charge in [0.25, 0.3) is 0 Å². The van der Waals surface area contributed by atoms with E-state index in [2.05, 4.69) is 0 Å². The summed E-state index contributed by atoms with van der Waals surface area (Å²) in [4.78, 5) is 2.00. The first-order chi connectivity index (χ1) is 9.06. The van der Waals surface area contributed by atoms with Gasteiger partial charge in [-0.15, -0.1) is 0 Å². The third-order valence-corrected chi connectivity index (χ3v) is 3.32. The highest BCUT2D eigenvalue weighted by Crippen LogP contribution is 2.33. The van der Waals surface area contributed by atoms with Crippen molar-refractivity contribution in [2.45, 2.75) is 19.1 Å². The summed E-state index contributed by atoms with van der Waals surface area (Å²) in [6.07, 6.45) is -0.258. The van der Waals surface area contributed by atoms with Gasteiger partial charge in [0, 0.05) is 24.7 Å². The fourth-order valence-corrected chi connectivity index (χ4v) is 2.23. The summed E-state index contributed by atoms with van der Waals surface area (Å²) < 4.78 is 24.0. The van der Waals surface area contributed by atoms with Crippen LogP contribution in [0.4, 0.5) is 15.8 Å². The van der Waals surface area contributed by atoms with E-state index in [9.17, 15) is 9.50 Å². The third kappa shape index (κ3) is 2.74. The van der Waals surface area contributed by atoms with Crippen LogP contribution in [0.15, 0.2) is 12.1 Å². The lowest BCUT2D eigenvalue weighted by atomic mass is 10.1. The van der Waals surface area contributed by atoms with E-state index in [1.54, 1.807) is 6.07 Å². The molecule has 5 nitrogen and oxygen atoms in total. The first-order valence-corrected chi connectivity index (χ1v) is 6.19. The average molecular weight is 270 g/mol. The molecule has 1 aliphatic heterocycles. The number of nitrogens with two attached hydrogens (primary N) is 1. The topological polar surface area (TPSA) is 68.0 Å². The Morgan fingerprint density at radius 2 is 2.32 bits per heavy atom. The predicted molar refractivity (Wildman–Crippen MR) is 71.0 cm³/mol. The summed E-state index contributed by atoms with van der Waals surface area (Å²) >= 11 is 0. The van der Waals surface area contributed by atoms with Crippen LogP contribution in [0.25, 0.3) is 0 Å². The van der Waals surface area contributed by atoms with Crippen LogP contribution in [-0.2, 0) is 4.74 Å². The maximum Gasteiger partial charge on any atom is 0.167 e. The summed E-state index contributed by atoms with van der Waals surface area (Å²) in [5.74, 6) is -0.327. The number of ether oxygens (including phenoxy) is 2. The number of nitrogen functional groups attached to an aromatic ring is 1. The van der Waals surface area contributed by atoms with Crippen molar-refractivity contribution in [3.8, 4) is 5.75 Å². The zero-order valence-corrected chi connectivity index (χ0v) is 11.1. The molecule has 0 amide bonds. The van der Waals surface area contributed by atoms with E-state index in [1.807, 2.05) is 11.8 Å². The average Bonchev–Trinajstić information content (AvgIpc) is 2.40. The first-order valence-electron chi connectivity index (χ1n) is 6.19. The molecule has 1 saturated heterocycles. The van der Waals surface area contributed by atoms with E-state index in [1.165, 1.54) is 13.2 Å². The maximum atomic E-state index is 13.5. The largest absolute Gasteiger partial charge is 0.494 e. The van der Waals surface area contributed by atoms with Crippen molar-refractivity contribution >= 4 is 11.4 Å². The Kier molecular flexibility index (Phi) is 4.11. The Labute approximate surface area is 111 Å². The Balaban J connectivity index is 2.33. The molecule has 0 bridgehead atoms. The van der Waals surface area contributed by atoms with Crippen molar-refractivity contribution in [1.29, 1.82) is 0 Å². The molecule has 2 unspecified atom stereocenters. The first kappa shape index (κ1) is 13.9. The van der Waals surface area contributed by atoms with Crippen LogP contribution in [0.3, 0.4) is 0 Å². The normalized spacial score (nSPS) is 23.5. The lowest BCUT2D eigenvalue weighted by molar-refractivity contribution is -0.0103. The quantitative estimate of drug-likeness (QED) is 0.802. The van der Waals surface area contributed by atoms with Crippen LogP contribution in [0.2, 0.25) is 0 Å². The van der Waals surface area contributed by atoms with Crippen LogP contribution in [-0.4, -0.2) is 44.1 Å². The van der Waals surface area contributed by atoms with Crippen LogP contribution >= 0.6 is 0 Å². The number of rotatable bonds is 3. The van der Waals surface area contributed by atoms with E-state index < -0.39 is 5.82 Å². The molecule has 2 atom stereocenters. The SMILES string of the molecule is COc1cc(N2CC(CO)OCC2C)c(N)cc1F. The summed E-state index contributed by atoms with van der Waals surface area (Å²) in [7, 11) is 1.41. The monoisotopic (exact) mass is 270 g/mol. The molecule has 0 spiro atoms. The van der Waals surface area contributed by atoms with Gasteiger partial charge in [-0.1, -0.05) is 0 Å². The molecule has 0 saturated carbocycles. The lowest BCUT2D eigenvalue weighted by Crippen LogP contribution is -2.49. The van der Waals surface area contributed by atoms with Crippen LogP contribution in [0, 0.1) is 5.82 Å². The maximum absolute atomic E-state index is 13.5. The number of anilines is 2. The van der Waals surface area contributed by atoms with Crippen molar-refractivity contribution in [2.24, 2.45) is 0 Å². The van der Waals surface area contributed by atoms with E-state index in [0.29, 0.717) is 24.5 Å². The highest BCUT2D eigenvalue weighted by atomic mass is 19.1. The van der Waals surface area contributed by atoms with Gasteiger partial charge in [0.15, 0.2) is 11.6 Å². The molecule has 106 valence electrons. The molecule has 0 radical (unpaired) electrons. The van der Waals surface area contributed by atoms with Crippen molar-refractivity contribution in [3.63, 3.8) is 0 Å². The minimum atomic E-state index is -0.483. The molecule has 1 aromatic rings. The highest BCUT2D eigenvalue weighted by Gasteiger charge is 2.27. The van der Waals surface area contributed by atoms with Gasteiger partial charge in [0.1, 0.15) is 0 Å². The minimum absolute atomic E-state index is 0.0541. The standard InChI is InChI=1S/C13H19FN2O3/c1-8-7-19-9(6-17)5-16(8)12-4-13(18-2)10(14)3-11(12)15/h3-4,8-9,17H,5-7,15H2,1-2H3. The summed E-state index contributed by atoms with van der Waals surface area (Å²) in [6.45, 7) is 2.94. The Hall–Kier alpha value is -1.53. The van der Waals surface area contributed by atoms with Gasteiger partial charge >= 0.3 is 0 Å². The molecule has 1 aliphatic rings. The molecule has 1 fully saturated rings. The zero-order valence-electron chi connectivity index (χ0n) is 11.1. The second-order valence-electron chi connectivity index (χ2n) is 4.68. The molecular formula is C13H19FN2O3. The third-order valence-electron chi connectivity index (χ3n) is 3.32. The van der Waals surface area contributed by atoms with Crippen LogP contribution < -0.4 is 15.4 Å². The Morgan fingerprint density at radius 3 is 2.95 bits per heavy atom. The summed E-state index contributed by atoms with van der Waals surface area (Å²) in [5.41, 5.74) is 6.94. The molecule has 0 aliphatic carbocycles. The van der Waals surface area contributed by atoms with E-state index in [0.717, 1.165) is 0 Å². The number of halogens is 1. The van der Waals surface area contributed by atoms with Gasteiger partial charge in [-0.05, 0) is 6.92 Å². The molecule has 0 aromatic heterocycles. The van der Waals surface area contributed by atoms with Crippen molar-refractivity contribution < 1.29 is 19.0 Å². The van der Waals surface area contributed by atoms with Gasteiger partial charge in [-0.25, -0.2) is 4.39 Å². The Bertz CT molecular complexity index is 456. The van der Waals surface area contributed by atoms with Gasteiger partial charge < -0.3 is 25.2 Å². The van der Waals surface area contributed by atoms with Crippen LogP contribution in [0.1, 0.15) is 6.92 Å². The summed E-state index contributed by atoms with van der Waals surface area (Å²) in [5, 5.41) is 9.19. The number of nitrogens with zero attached hydrogens (tertiary/aromatic N) is 1. The fourth-order valence-electron chi connectivity index (χ4n) is 2.23. The number of hydrogen-bond acceptors (Lipinski definition) is 5. The minimum Gasteiger partial charge on any atom is -0.494 e. The zero-order chi connectivity index (χ0) is 14.0. The Morgan fingerprint density at radius 1 is 1.58 bits per heavy atom. The predicted octanol–water partition coefficient (Wildman–Crippen LogP) is 1.00. The van der Waals surface area contributed by atoms with Gasteiger partial charge in [0.2, 0.25) is 0 Å². The number of hydrogen-bond donors (Lipinski definition) is 2. The number of methoxy groups -OCH3 is 1. The van der Waals surface area contributed by atoms with E-state index in [4.69, 9.17) is 15.2 Å². The number of aliphatic hydroxyl groups is 1. The van der Waals surface area contributed by atoms with Gasteiger partial charge in [-0.3, -0.25) is 0 Å². The van der Waals surface area contributed by atoms with Crippen molar-refractivity contribution in [3.05, 3.63) is 17.9 Å². The molecule has 2 rings (SSSR count). The second kappa shape index (κ2) is 5.63. The molecule has 3 N–H and O–H groups in total. The molecule has 6 heteroatoms. The summed E-state index contributed by atoms with van der Waals surface area (Å²) in [6, 6.07) is 2.94. The van der Waals surface area contributed by atoms with Crippen molar-refractivity contribution in [1.82, 2.24) is 0 Å². The van der Waals surface area contributed by atoms with Gasteiger partial charge in [-0.2, -0.15) is 0 Å². The fraction of sp³-hybridized carbons (Fsp3) is 0.538. The van der Waals surface area contributed by atoms with Crippen molar-refractivity contribution in [2.75, 3.05) is 37.5 Å². The molecule has 19 heavy (non-hydrogen) atoms. The number of benzene rings is 1. The van der Waals surface area contributed by atoms with E-state index in [-0.39, 0.29) is 24.5 Å². The second-order valence-corrected chi connectivity index (χ2v) is 4.68. The lowest BCUT2D eigenvalue weighted by Gasteiger charge is -2.39. The highest BCUT2D eigenvalue weighted by molar-refractivity contribution is 5.70. The van der Waals surface area contributed by atoms with E-state index >= 15 is 0 Å². The molecule has 1 aromatic carbocycles.